The first-order valence-corrected chi connectivity index (χ1v) is 11.8. The van der Waals surface area contributed by atoms with E-state index >= 15 is 0 Å². The van der Waals surface area contributed by atoms with Crippen molar-refractivity contribution in [2.75, 3.05) is 31.1 Å². The van der Waals surface area contributed by atoms with Gasteiger partial charge in [-0.2, -0.15) is 23.4 Å². The molecule has 11 heteroatoms. The SMILES string of the molecule is O=C(C1CNC1)N(c1ccc(O[C@]2(C(=O)c3ccc(C(F)(F)F)cc3)CCNC2)cc1)c1ccnnc1. The fourth-order valence-electron chi connectivity index (χ4n) is 4.42. The van der Waals surface area contributed by atoms with Gasteiger partial charge in [0.2, 0.25) is 11.7 Å². The topological polar surface area (TPSA) is 96.5 Å². The Morgan fingerprint density at radius 3 is 2.22 bits per heavy atom. The molecule has 3 heterocycles. The molecular formula is C26H24F3N5O3. The van der Waals surface area contributed by atoms with Crippen molar-refractivity contribution in [1.29, 1.82) is 0 Å². The van der Waals surface area contributed by atoms with Gasteiger partial charge in [0, 0.05) is 37.3 Å². The van der Waals surface area contributed by atoms with Crippen molar-refractivity contribution in [1.82, 2.24) is 20.8 Å². The minimum Gasteiger partial charge on any atom is -0.478 e. The number of carbonyl (C=O) groups is 2. The molecule has 3 aromatic rings. The number of ketones is 1. The van der Waals surface area contributed by atoms with Crippen LogP contribution in [0.5, 0.6) is 5.75 Å². The van der Waals surface area contributed by atoms with Crippen LogP contribution in [-0.4, -0.2) is 53.7 Å². The van der Waals surface area contributed by atoms with Crippen molar-refractivity contribution in [3.05, 3.63) is 78.1 Å². The molecule has 2 fully saturated rings. The lowest BCUT2D eigenvalue weighted by atomic mass is 9.91. The highest BCUT2D eigenvalue weighted by Gasteiger charge is 2.44. The van der Waals surface area contributed by atoms with Crippen LogP contribution in [0, 0.1) is 5.92 Å². The van der Waals surface area contributed by atoms with Crippen LogP contribution < -0.4 is 20.3 Å². The molecule has 1 atom stereocenters. The number of alkyl halides is 3. The average Bonchev–Trinajstić information content (AvgIpc) is 3.33. The smallest absolute Gasteiger partial charge is 0.416 e. The summed E-state index contributed by atoms with van der Waals surface area (Å²) in [5, 5.41) is 13.9. The predicted octanol–water partition coefficient (Wildman–Crippen LogP) is 3.37. The number of benzene rings is 2. The molecule has 2 aliphatic rings. The van der Waals surface area contributed by atoms with Gasteiger partial charge in [-0.25, -0.2) is 0 Å². The number of Topliss-reactive ketones (excluding diaryl/α,β-unsaturated/α-hetero) is 1. The summed E-state index contributed by atoms with van der Waals surface area (Å²) in [7, 11) is 0. The number of aromatic nitrogens is 2. The van der Waals surface area contributed by atoms with Crippen molar-refractivity contribution >= 4 is 23.1 Å². The highest BCUT2D eigenvalue weighted by Crippen LogP contribution is 2.34. The Morgan fingerprint density at radius 1 is 0.946 bits per heavy atom. The van der Waals surface area contributed by atoms with Gasteiger partial charge in [-0.15, -0.1) is 0 Å². The van der Waals surface area contributed by atoms with Crippen molar-refractivity contribution in [3.63, 3.8) is 0 Å². The summed E-state index contributed by atoms with van der Waals surface area (Å²) in [6.07, 6.45) is -1.11. The van der Waals surface area contributed by atoms with Crippen LogP contribution in [0.4, 0.5) is 24.5 Å². The lowest BCUT2D eigenvalue weighted by Gasteiger charge is -2.32. The zero-order valence-electron chi connectivity index (χ0n) is 19.7. The molecule has 1 aromatic heterocycles. The summed E-state index contributed by atoms with van der Waals surface area (Å²) in [6.45, 7) is 1.93. The number of nitrogens with one attached hydrogen (secondary N) is 2. The van der Waals surface area contributed by atoms with Gasteiger partial charge < -0.3 is 15.4 Å². The molecule has 0 bridgehead atoms. The monoisotopic (exact) mass is 511 g/mol. The van der Waals surface area contributed by atoms with Crippen LogP contribution in [0.1, 0.15) is 22.3 Å². The minimum atomic E-state index is -4.48. The van der Waals surface area contributed by atoms with E-state index in [1.54, 1.807) is 35.2 Å². The Hall–Kier alpha value is -3.83. The molecule has 0 saturated carbocycles. The molecule has 2 N–H and O–H groups in total. The zero-order valence-corrected chi connectivity index (χ0v) is 19.7. The first-order valence-electron chi connectivity index (χ1n) is 11.8. The Kier molecular flexibility index (Phi) is 6.65. The maximum absolute atomic E-state index is 13.4. The molecule has 5 rings (SSSR count). The molecular weight excluding hydrogens is 487 g/mol. The minimum absolute atomic E-state index is 0.0747. The maximum Gasteiger partial charge on any atom is 0.416 e. The fourth-order valence-corrected chi connectivity index (χ4v) is 4.42. The van der Waals surface area contributed by atoms with Crippen molar-refractivity contribution < 1.29 is 27.5 Å². The first kappa shape index (κ1) is 24.8. The Labute approximate surface area is 210 Å². The number of halogens is 3. The average molecular weight is 512 g/mol. The van der Waals surface area contributed by atoms with Gasteiger partial charge in [-0.3, -0.25) is 14.5 Å². The molecule has 37 heavy (non-hydrogen) atoms. The molecule has 2 aromatic carbocycles. The van der Waals surface area contributed by atoms with Crippen molar-refractivity contribution in [3.8, 4) is 5.75 Å². The summed E-state index contributed by atoms with van der Waals surface area (Å²) >= 11 is 0. The molecule has 0 unspecified atom stereocenters. The summed E-state index contributed by atoms with van der Waals surface area (Å²) in [5.74, 6) is -0.224. The molecule has 192 valence electrons. The van der Waals surface area contributed by atoms with E-state index in [1.165, 1.54) is 24.5 Å². The second-order valence-electron chi connectivity index (χ2n) is 9.05. The molecule has 1 amide bonds. The number of carbonyl (C=O) groups excluding carboxylic acids is 2. The number of ether oxygens (including phenoxy) is 1. The van der Waals surface area contributed by atoms with Crippen molar-refractivity contribution in [2.24, 2.45) is 5.92 Å². The molecule has 0 spiro atoms. The van der Waals surface area contributed by atoms with Crippen LogP contribution in [0.15, 0.2) is 67.0 Å². The predicted molar refractivity (Wildman–Crippen MR) is 129 cm³/mol. The van der Waals surface area contributed by atoms with Crippen molar-refractivity contribution in [2.45, 2.75) is 18.2 Å². The molecule has 0 radical (unpaired) electrons. The number of anilines is 2. The molecule has 2 saturated heterocycles. The zero-order chi connectivity index (χ0) is 26.0. The van der Waals surface area contributed by atoms with Crippen LogP contribution in [0.25, 0.3) is 0 Å². The molecule has 0 aliphatic carbocycles. The third-order valence-electron chi connectivity index (χ3n) is 6.59. The summed E-state index contributed by atoms with van der Waals surface area (Å²) in [4.78, 5) is 28.1. The number of nitrogens with zero attached hydrogens (tertiary/aromatic N) is 3. The van der Waals surface area contributed by atoms with E-state index in [-0.39, 0.29) is 23.9 Å². The van der Waals surface area contributed by atoms with E-state index in [9.17, 15) is 22.8 Å². The summed E-state index contributed by atoms with van der Waals surface area (Å²) in [6, 6.07) is 12.6. The van der Waals surface area contributed by atoms with Crippen LogP contribution >= 0.6 is 0 Å². The normalized spacial score (nSPS) is 19.8. The Balaban J connectivity index is 1.38. The number of hydrogen-bond donors (Lipinski definition) is 2. The Morgan fingerprint density at radius 2 is 1.68 bits per heavy atom. The summed E-state index contributed by atoms with van der Waals surface area (Å²) in [5.41, 5.74) is -0.757. The third-order valence-corrected chi connectivity index (χ3v) is 6.59. The number of amides is 1. The van der Waals surface area contributed by atoms with Gasteiger partial charge in [0.25, 0.3) is 0 Å². The van der Waals surface area contributed by atoms with Gasteiger partial charge in [0.05, 0.1) is 29.6 Å². The van der Waals surface area contributed by atoms with E-state index in [0.29, 0.717) is 43.2 Å². The van der Waals surface area contributed by atoms with Gasteiger partial charge in [0.15, 0.2) is 5.60 Å². The van der Waals surface area contributed by atoms with E-state index in [1.807, 2.05) is 0 Å². The van der Waals surface area contributed by atoms with Gasteiger partial charge in [-0.1, -0.05) is 12.1 Å². The summed E-state index contributed by atoms with van der Waals surface area (Å²) < 4.78 is 45.0. The van der Waals surface area contributed by atoms with Crippen LogP contribution in [0.3, 0.4) is 0 Å². The standard InChI is InChI=1S/C26H24F3N5O3/c27-26(28,29)19-3-1-17(2-4-19)23(35)25(10-12-30-16-25)37-22-7-5-20(6-8-22)34(21-9-11-32-33-15-21)24(36)18-13-31-14-18/h1-9,11,15,18,30-31H,10,12-14,16H2/t25-/m1/s1. The second-order valence-corrected chi connectivity index (χ2v) is 9.05. The molecule has 2 aliphatic heterocycles. The quantitative estimate of drug-likeness (QED) is 0.470. The van der Waals surface area contributed by atoms with E-state index < -0.39 is 23.1 Å². The van der Waals surface area contributed by atoms with Gasteiger partial charge >= 0.3 is 6.18 Å². The van der Waals surface area contributed by atoms with Crippen LogP contribution in [-0.2, 0) is 11.0 Å². The second kappa shape index (κ2) is 9.91. The van der Waals surface area contributed by atoms with Gasteiger partial charge in [0.1, 0.15) is 5.75 Å². The highest BCUT2D eigenvalue weighted by molar-refractivity contribution is 6.03. The maximum atomic E-state index is 13.4. The number of hydrogen-bond acceptors (Lipinski definition) is 7. The third kappa shape index (κ3) is 5.05. The van der Waals surface area contributed by atoms with E-state index in [4.69, 9.17) is 4.74 Å². The van der Waals surface area contributed by atoms with Crippen LogP contribution in [0.2, 0.25) is 0 Å². The Bertz CT molecular complexity index is 1260. The molecule has 8 nitrogen and oxygen atoms in total. The van der Waals surface area contributed by atoms with E-state index in [2.05, 4.69) is 20.8 Å². The lowest BCUT2D eigenvalue weighted by Crippen LogP contribution is -2.51. The largest absolute Gasteiger partial charge is 0.478 e. The lowest BCUT2D eigenvalue weighted by molar-refractivity contribution is -0.137. The van der Waals surface area contributed by atoms with E-state index in [0.717, 1.165) is 12.1 Å². The highest BCUT2D eigenvalue weighted by atomic mass is 19.4. The number of rotatable bonds is 7. The first-order chi connectivity index (χ1) is 17.8. The van der Waals surface area contributed by atoms with Gasteiger partial charge in [-0.05, 0) is 49.0 Å². The fraction of sp³-hybridized carbons (Fsp3) is 0.308.